The number of hydrogen-bond acceptors (Lipinski definition) is 4. The minimum absolute atomic E-state index is 0. The molecule has 0 aliphatic rings. The second-order valence-electron chi connectivity index (χ2n) is 8.69. The minimum Gasteiger partial charge on any atom is -0.344 e. The summed E-state index contributed by atoms with van der Waals surface area (Å²) in [5.41, 5.74) is 0. The Kier molecular flexibility index (Phi) is 19.3. The molecule has 0 aromatic rings. The Morgan fingerprint density at radius 3 is 1.19 bits per heavy atom. The fourth-order valence-corrected chi connectivity index (χ4v) is 3.69. The average Bonchev–Trinajstić information content (AvgIpc) is 2.56. The van der Waals surface area contributed by atoms with Crippen molar-refractivity contribution in [1.29, 1.82) is 0 Å². The third-order valence-corrected chi connectivity index (χ3v) is 6.96. The largest absolute Gasteiger partial charge is 0.344 e. The molecule has 0 fully saturated rings. The molecule has 0 bridgehead atoms. The normalized spacial score (nSPS) is 12.1. The second kappa shape index (κ2) is 17.9. The maximum Gasteiger partial charge on any atom is 0.272 e. The fourth-order valence-electron chi connectivity index (χ4n) is 3.00. The first-order chi connectivity index (χ1) is 12.3. The van der Waals surface area contributed by atoms with Crippen molar-refractivity contribution in [2.24, 2.45) is 0 Å². The summed E-state index contributed by atoms with van der Waals surface area (Å²) in [5.74, 6) is 0. The molecule has 0 aliphatic carbocycles. The van der Waals surface area contributed by atoms with Gasteiger partial charge in [0.25, 0.3) is 10.1 Å². The Balaban J connectivity index is 0. The van der Waals surface area contributed by atoms with Gasteiger partial charge in [0.2, 0.25) is 0 Å². The zero-order chi connectivity index (χ0) is 19.7. The molecule has 4 nitrogen and oxygen atoms in total. The lowest BCUT2D eigenvalue weighted by Gasteiger charge is -2.18. The van der Waals surface area contributed by atoms with Crippen molar-refractivity contribution in [2.45, 2.75) is 135 Å². The number of hydrogen-bond donors (Lipinski definition) is 1. The van der Waals surface area contributed by atoms with Crippen molar-refractivity contribution in [2.75, 3.05) is 6.61 Å². The molecule has 5 heteroatoms. The highest BCUT2D eigenvalue weighted by atomic mass is 32.2. The molecule has 0 radical (unpaired) electrons. The van der Waals surface area contributed by atoms with Crippen LogP contribution in [0.2, 0.25) is 0 Å². The molecule has 3 N–H and O–H groups in total. The molecule has 0 saturated carbocycles. The molecule has 27 heavy (non-hydrogen) atoms. The first-order valence-corrected chi connectivity index (χ1v) is 12.6. The number of unbranched alkanes of at least 4 members (excludes halogenated alkanes) is 15. The van der Waals surface area contributed by atoms with Gasteiger partial charge in [0, 0.05) is 0 Å². The Bertz CT molecular complexity index is 402. The van der Waals surface area contributed by atoms with Crippen LogP contribution in [0.5, 0.6) is 0 Å². The van der Waals surface area contributed by atoms with Gasteiger partial charge in [0.15, 0.2) is 0 Å². The van der Waals surface area contributed by atoms with Crippen LogP contribution in [0.3, 0.4) is 0 Å². The van der Waals surface area contributed by atoms with E-state index in [-0.39, 0.29) is 6.15 Å². The predicted octanol–water partition coefficient (Wildman–Crippen LogP) is 7.55. The second-order valence-corrected chi connectivity index (χ2v) is 11.1. The van der Waals surface area contributed by atoms with E-state index < -0.39 is 14.9 Å². The smallest absolute Gasteiger partial charge is 0.272 e. The average molecular weight is 408 g/mol. The molecule has 0 unspecified atom stereocenters. The maximum atomic E-state index is 11.8. The molecular weight excluding hydrogens is 358 g/mol. The zero-order valence-electron chi connectivity index (χ0n) is 18.9. The van der Waals surface area contributed by atoms with Crippen LogP contribution in [-0.4, -0.2) is 19.8 Å². The SMILES string of the molecule is CCCCCCCCCCCCCCCCCCOS(=O)(=O)C(C)(C)C.N. The molecule has 0 heterocycles. The van der Waals surface area contributed by atoms with Gasteiger partial charge in [-0.1, -0.05) is 103 Å². The highest BCUT2D eigenvalue weighted by molar-refractivity contribution is 7.88. The topological polar surface area (TPSA) is 78.4 Å². The molecule has 0 atom stereocenters. The minimum atomic E-state index is -3.42. The molecule has 166 valence electrons. The van der Waals surface area contributed by atoms with Gasteiger partial charge in [-0.25, -0.2) is 0 Å². The van der Waals surface area contributed by atoms with Gasteiger partial charge in [0.05, 0.1) is 11.4 Å². The van der Waals surface area contributed by atoms with E-state index in [2.05, 4.69) is 6.92 Å². The highest BCUT2D eigenvalue weighted by Crippen LogP contribution is 2.18. The Morgan fingerprint density at radius 1 is 0.593 bits per heavy atom. The van der Waals surface area contributed by atoms with Crippen LogP contribution in [0, 0.1) is 0 Å². The summed E-state index contributed by atoms with van der Waals surface area (Å²) in [5, 5.41) is 0. The third-order valence-electron chi connectivity index (χ3n) is 4.99. The lowest BCUT2D eigenvalue weighted by atomic mass is 10.0. The van der Waals surface area contributed by atoms with Gasteiger partial charge in [-0.3, -0.25) is 4.18 Å². The van der Waals surface area contributed by atoms with Crippen LogP contribution >= 0.6 is 0 Å². The summed E-state index contributed by atoms with van der Waals surface area (Å²) in [6.45, 7) is 7.63. The summed E-state index contributed by atoms with van der Waals surface area (Å²) in [6.07, 6.45) is 21.1. The van der Waals surface area contributed by atoms with Crippen LogP contribution in [0.25, 0.3) is 0 Å². The van der Waals surface area contributed by atoms with E-state index >= 15 is 0 Å². The van der Waals surface area contributed by atoms with E-state index in [4.69, 9.17) is 4.18 Å². The Hall–Kier alpha value is -0.130. The first-order valence-electron chi connectivity index (χ1n) is 11.2. The predicted molar refractivity (Wildman–Crippen MR) is 119 cm³/mol. The van der Waals surface area contributed by atoms with Crippen LogP contribution < -0.4 is 6.15 Å². The molecule has 0 aliphatic heterocycles. The molecule has 0 saturated heterocycles. The van der Waals surface area contributed by atoms with E-state index in [1.165, 1.54) is 89.9 Å². The van der Waals surface area contributed by atoms with Crippen LogP contribution in [0.15, 0.2) is 0 Å². The van der Waals surface area contributed by atoms with Crippen molar-refractivity contribution in [1.82, 2.24) is 6.15 Å². The van der Waals surface area contributed by atoms with E-state index in [1.54, 1.807) is 20.8 Å². The van der Waals surface area contributed by atoms with Crippen LogP contribution in [0.4, 0.5) is 0 Å². The number of rotatable bonds is 18. The quantitative estimate of drug-likeness (QED) is 0.188. The van der Waals surface area contributed by atoms with Crippen molar-refractivity contribution in [3.05, 3.63) is 0 Å². The van der Waals surface area contributed by atoms with Gasteiger partial charge < -0.3 is 6.15 Å². The Morgan fingerprint density at radius 2 is 0.889 bits per heavy atom. The van der Waals surface area contributed by atoms with Crippen molar-refractivity contribution in [3.63, 3.8) is 0 Å². The molecule has 0 amide bonds. The van der Waals surface area contributed by atoms with Gasteiger partial charge in [0.1, 0.15) is 0 Å². The first kappa shape index (κ1) is 29.1. The third kappa shape index (κ3) is 17.7. The summed E-state index contributed by atoms with van der Waals surface area (Å²) in [7, 11) is -3.42. The maximum absolute atomic E-state index is 11.8. The van der Waals surface area contributed by atoms with Gasteiger partial charge in [-0.05, 0) is 27.2 Å². The monoisotopic (exact) mass is 407 g/mol. The molecule has 0 aromatic carbocycles. The Labute approximate surface area is 170 Å². The lowest BCUT2D eigenvalue weighted by Crippen LogP contribution is -2.30. The van der Waals surface area contributed by atoms with Crippen molar-refractivity contribution >= 4 is 10.1 Å². The summed E-state index contributed by atoms with van der Waals surface area (Å²) in [4.78, 5) is 0. The van der Waals surface area contributed by atoms with Gasteiger partial charge >= 0.3 is 0 Å². The van der Waals surface area contributed by atoms with Gasteiger partial charge in [-0.2, -0.15) is 8.42 Å². The summed E-state index contributed by atoms with van der Waals surface area (Å²) >= 11 is 0. The summed E-state index contributed by atoms with van der Waals surface area (Å²) < 4.78 is 27.8. The van der Waals surface area contributed by atoms with E-state index in [0.717, 1.165) is 12.8 Å². The lowest BCUT2D eigenvalue weighted by molar-refractivity contribution is 0.294. The molecule has 0 rings (SSSR count). The zero-order valence-corrected chi connectivity index (χ0v) is 19.7. The highest BCUT2D eigenvalue weighted by Gasteiger charge is 2.29. The van der Waals surface area contributed by atoms with Gasteiger partial charge in [-0.15, -0.1) is 0 Å². The van der Waals surface area contributed by atoms with Crippen LogP contribution in [-0.2, 0) is 14.3 Å². The molecule has 0 spiro atoms. The fraction of sp³-hybridized carbons (Fsp3) is 1.00. The molecule has 0 aromatic heterocycles. The van der Waals surface area contributed by atoms with E-state index in [1.807, 2.05) is 0 Å². The summed E-state index contributed by atoms with van der Waals surface area (Å²) in [6, 6.07) is 0. The van der Waals surface area contributed by atoms with E-state index in [0.29, 0.717) is 6.61 Å². The van der Waals surface area contributed by atoms with Crippen LogP contribution in [0.1, 0.15) is 130 Å². The van der Waals surface area contributed by atoms with Crippen molar-refractivity contribution in [3.8, 4) is 0 Å². The standard InChI is InChI=1S/C22H46O3S.H3N/c1-5-6-7-8-9-10-11-12-13-14-15-16-17-18-19-20-21-25-26(23,24)22(2,3)4;/h5-21H2,1-4H3;1H3. The van der Waals surface area contributed by atoms with E-state index in [9.17, 15) is 8.42 Å². The van der Waals surface area contributed by atoms with Crippen molar-refractivity contribution < 1.29 is 12.6 Å². The molecular formula is C22H49NO3S.